The molecular formula is C18H28N4O2. The van der Waals surface area contributed by atoms with E-state index in [4.69, 9.17) is 0 Å². The molecule has 1 aliphatic heterocycles. The van der Waals surface area contributed by atoms with Crippen molar-refractivity contribution >= 4 is 17.5 Å². The number of rotatable bonds is 5. The van der Waals surface area contributed by atoms with E-state index in [1.807, 2.05) is 20.2 Å². The van der Waals surface area contributed by atoms with Crippen LogP contribution in [0, 0.1) is 0 Å². The first kappa shape index (κ1) is 17.0. The second-order valence-corrected chi connectivity index (χ2v) is 7.59. The van der Waals surface area contributed by atoms with Gasteiger partial charge in [-0.05, 0) is 32.6 Å². The molecule has 0 spiro atoms. The van der Waals surface area contributed by atoms with Gasteiger partial charge in [0.1, 0.15) is 0 Å². The standard InChI is InChI=1S/C18H28N4O2/c1-18(11-9-16(24)20-18)10-8-15(23)19-14-12-22(2)21-17(14)13-6-4-3-5-7-13/h12-13H,3-11H2,1-2H3,(H,19,23)(H,20,24). The third-order valence-electron chi connectivity index (χ3n) is 5.37. The molecule has 24 heavy (non-hydrogen) atoms. The lowest BCUT2D eigenvalue weighted by atomic mass is 9.86. The quantitative estimate of drug-likeness (QED) is 0.870. The van der Waals surface area contributed by atoms with Crippen LogP contribution in [0.1, 0.15) is 76.3 Å². The van der Waals surface area contributed by atoms with Crippen LogP contribution >= 0.6 is 0 Å². The molecule has 1 aliphatic carbocycles. The van der Waals surface area contributed by atoms with Crippen LogP contribution in [0.3, 0.4) is 0 Å². The zero-order chi connectivity index (χ0) is 17.2. The highest BCUT2D eigenvalue weighted by atomic mass is 16.2. The number of hydrogen-bond donors (Lipinski definition) is 2. The molecule has 6 nitrogen and oxygen atoms in total. The molecule has 1 aromatic rings. The maximum Gasteiger partial charge on any atom is 0.224 e. The van der Waals surface area contributed by atoms with E-state index in [-0.39, 0.29) is 17.4 Å². The molecule has 6 heteroatoms. The highest BCUT2D eigenvalue weighted by molar-refractivity contribution is 5.91. The van der Waals surface area contributed by atoms with Crippen molar-refractivity contribution in [2.24, 2.45) is 7.05 Å². The average molecular weight is 332 g/mol. The van der Waals surface area contributed by atoms with E-state index < -0.39 is 0 Å². The van der Waals surface area contributed by atoms with Crippen LogP contribution in [0.25, 0.3) is 0 Å². The molecule has 1 aromatic heterocycles. The molecule has 1 saturated carbocycles. The van der Waals surface area contributed by atoms with Crippen LogP contribution in [0.2, 0.25) is 0 Å². The van der Waals surface area contributed by atoms with Gasteiger partial charge >= 0.3 is 0 Å². The summed E-state index contributed by atoms with van der Waals surface area (Å²) in [6.45, 7) is 2.02. The van der Waals surface area contributed by atoms with Gasteiger partial charge in [-0.1, -0.05) is 19.3 Å². The van der Waals surface area contributed by atoms with E-state index in [1.165, 1.54) is 19.3 Å². The van der Waals surface area contributed by atoms with Gasteiger partial charge in [0.25, 0.3) is 0 Å². The number of carbonyl (C=O) groups excluding carboxylic acids is 2. The van der Waals surface area contributed by atoms with Crippen LogP contribution in [0.5, 0.6) is 0 Å². The van der Waals surface area contributed by atoms with Crippen LogP contribution in [-0.4, -0.2) is 27.1 Å². The molecule has 2 heterocycles. The fraction of sp³-hybridized carbons (Fsp3) is 0.722. The molecule has 2 aliphatic rings. The van der Waals surface area contributed by atoms with E-state index in [2.05, 4.69) is 15.7 Å². The molecule has 0 radical (unpaired) electrons. The maximum absolute atomic E-state index is 12.4. The van der Waals surface area contributed by atoms with Gasteiger partial charge in [-0.2, -0.15) is 5.10 Å². The zero-order valence-corrected chi connectivity index (χ0v) is 14.7. The Kier molecular flexibility index (Phi) is 4.92. The van der Waals surface area contributed by atoms with Crippen molar-refractivity contribution in [1.82, 2.24) is 15.1 Å². The van der Waals surface area contributed by atoms with Crippen molar-refractivity contribution < 1.29 is 9.59 Å². The Hall–Kier alpha value is -1.85. The lowest BCUT2D eigenvalue weighted by Gasteiger charge is -2.23. The minimum Gasteiger partial charge on any atom is -0.351 e. The number of nitrogens with one attached hydrogen (secondary N) is 2. The summed E-state index contributed by atoms with van der Waals surface area (Å²) in [6.07, 6.45) is 10.5. The summed E-state index contributed by atoms with van der Waals surface area (Å²) in [5, 5.41) is 10.6. The Morgan fingerprint density at radius 3 is 2.83 bits per heavy atom. The predicted octanol–water partition coefficient (Wildman–Crippen LogP) is 2.86. The first-order valence-corrected chi connectivity index (χ1v) is 9.10. The van der Waals surface area contributed by atoms with Crippen molar-refractivity contribution in [2.75, 3.05) is 5.32 Å². The minimum absolute atomic E-state index is 0.00225. The van der Waals surface area contributed by atoms with Crippen molar-refractivity contribution in [3.05, 3.63) is 11.9 Å². The second kappa shape index (κ2) is 6.95. The summed E-state index contributed by atoms with van der Waals surface area (Å²) in [6, 6.07) is 0. The smallest absolute Gasteiger partial charge is 0.224 e. The monoisotopic (exact) mass is 332 g/mol. The van der Waals surface area contributed by atoms with Gasteiger partial charge in [0.05, 0.1) is 11.4 Å². The fourth-order valence-electron chi connectivity index (χ4n) is 3.92. The van der Waals surface area contributed by atoms with Crippen molar-refractivity contribution in [3.63, 3.8) is 0 Å². The number of aryl methyl sites for hydroxylation is 1. The SMILES string of the molecule is Cn1cc(NC(=O)CCC2(C)CCC(=O)N2)c(C2CCCCC2)n1. The molecule has 2 fully saturated rings. The molecular weight excluding hydrogens is 304 g/mol. The van der Waals surface area contributed by atoms with Gasteiger partial charge in [-0.15, -0.1) is 0 Å². The number of hydrogen-bond acceptors (Lipinski definition) is 3. The Bertz CT molecular complexity index is 619. The summed E-state index contributed by atoms with van der Waals surface area (Å²) >= 11 is 0. The molecule has 1 atom stereocenters. The minimum atomic E-state index is -0.241. The Labute approximate surface area is 143 Å². The van der Waals surface area contributed by atoms with Crippen LogP contribution in [-0.2, 0) is 16.6 Å². The first-order valence-electron chi connectivity index (χ1n) is 9.10. The second-order valence-electron chi connectivity index (χ2n) is 7.59. The predicted molar refractivity (Wildman–Crippen MR) is 92.7 cm³/mol. The number of anilines is 1. The molecule has 2 N–H and O–H groups in total. The van der Waals surface area contributed by atoms with Crippen LogP contribution in [0.4, 0.5) is 5.69 Å². The Morgan fingerprint density at radius 1 is 1.42 bits per heavy atom. The summed E-state index contributed by atoms with van der Waals surface area (Å²) in [7, 11) is 1.90. The summed E-state index contributed by atoms with van der Waals surface area (Å²) in [4.78, 5) is 23.8. The molecule has 0 aromatic carbocycles. The van der Waals surface area contributed by atoms with Gasteiger partial charge in [0.15, 0.2) is 0 Å². The summed E-state index contributed by atoms with van der Waals surface area (Å²) in [5.74, 6) is 0.550. The van der Waals surface area contributed by atoms with Crippen molar-refractivity contribution in [3.8, 4) is 0 Å². The van der Waals surface area contributed by atoms with E-state index in [1.54, 1.807) is 4.68 Å². The Balaban J connectivity index is 1.59. The molecule has 1 unspecified atom stereocenters. The van der Waals surface area contributed by atoms with Crippen molar-refractivity contribution in [2.45, 2.75) is 76.2 Å². The van der Waals surface area contributed by atoms with E-state index in [9.17, 15) is 9.59 Å². The highest BCUT2D eigenvalue weighted by Gasteiger charge is 2.33. The normalized spacial score (nSPS) is 24.8. The summed E-state index contributed by atoms with van der Waals surface area (Å²) in [5.41, 5.74) is 1.65. The molecule has 3 rings (SSSR count). The third-order valence-corrected chi connectivity index (χ3v) is 5.37. The summed E-state index contributed by atoms with van der Waals surface area (Å²) < 4.78 is 1.79. The van der Waals surface area contributed by atoms with Crippen LogP contribution in [0.15, 0.2) is 6.20 Å². The topological polar surface area (TPSA) is 76.0 Å². The van der Waals surface area contributed by atoms with E-state index in [0.717, 1.165) is 30.6 Å². The van der Waals surface area contributed by atoms with E-state index >= 15 is 0 Å². The largest absolute Gasteiger partial charge is 0.351 e. The van der Waals surface area contributed by atoms with Crippen molar-refractivity contribution in [1.29, 1.82) is 0 Å². The fourth-order valence-corrected chi connectivity index (χ4v) is 3.92. The molecule has 1 saturated heterocycles. The number of aromatic nitrogens is 2. The lowest BCUT2D eigenvalue weighted by molar-refractivity contribution is -0.120. The third kappa shape index (κ3) is 3.97. The van der Waals surface area contributed by atoms with E-state index in [0.29, 0.717) is 25.2 Å². The number of amides is 2. The van der Waals surface area contributed by atoms with Crippen LogP contribution < -0.4 is 10.6 Å². The highest BCUT2D eigenvalue weighted by Crippen LogP contribution is 2.35. The van der Waals surface area contributed by atoms with Gasteiger partial charge in [0, 0.05) is 37.5 Å². The maximum atomic E-state index is 12.4. The first-order chi connectivity index (χ1) is 11.5. The van der Waals surface area contributed by atoms with Gasteiger partial charge in [-0.25, -0.2) is 0 Å². The zero-order valence-electron chi connectivity index (χ0n) is 14.7. The molecule has 132 valence electrons. The molecule has 0 bridgehead atoms. The lowest BCUT2D eigenvalue weighted by Crippen LogP contribution is -2.39. The number of nitrogens with zero attached hydrogens (tertiary/aromatic N) is 2. The average Bonchev–Trinajstić information content (AvgIpc) is 3.09. The van der Waals surface area contributed by atoms with Gasteiger partial charge in [-0.3, -0.25) is 14.3 Å². The van der Waals surface area contributed by atoms with Gasteiger partial charge in [0.2, 0.25) is 11.8 Å². The Morgan fingerprint density at radius 2 is 2.17 bits per heavy atom. The van der Waals surface area contributed by atoms with Gasteiger partial charge < -0.3 is 10.6 Å². The number of carbonyl (C=O) groups is 2. The molecule has 2 amide bonds.